The number of nitrogens with one attached hydrogen (secondary N) is 2. The van der Waals surface area contributed by atoms with Gasteiger partial charge in [0, 0.05) is 11.9 Å². The number of para-hydroxylation sites is 1. The van der Waals surface area contributed by atoms with E-state index in [1.54, 1.807) is 20.7 Å². The van der Waals surface area contributed by atoms with Gasteiger partial charge < -0.3 is 5.32 Å². The fourth-order valence-corrected chi connectivity index (χ4v) is 5.04. The van der Waals surface area contributed by atoms with E-state index in [-0.39, 0.29) is 17.5 Å². The van der Waals surface area contributed by atoms with Gasteiger partial charge in [0.25, 0.3) is 5.56 Å². The minimum atomic E-state index is -0.526. The number of benzene rings is 2. The molecule has 0 radical (unpaired) electrons. The summed E-state index contributed by atoms with van der Waals surface area (Å²) < 4.78 is 3.33. The fraction of sp³-hybridized carbons (Fsp3) is 0.286. The molecule has 2 N–H and O–H groups in total. The summed E-state index contributed by atoms with van der Waals surface area (Å²) in [5.74, 6) is -0.250. The lowest BCUT2D eigenvalue weighted by Crippen LogP contribution is -2.41. The summed E-state index contributed by atoms with van der Waals surface area (Å²) in [7, 11) is 1.82. The second-order valence-electron chi connectivity index (χ2n) is 8.75. The number of hydrogen-bond donors (Lipinski definition) is 2. The average molecular weight is 489 g/mol. The number of nitrogens with zero attached hydrogens (tertiary/aromatic N) is 2. The number of aromatic nitrogens is 2. The summed E-state index contributed by atoms with van der Waals surface area (Å²) in [6, 6.07) is 21.4. The van der Waals surface area contributed by atoms with Gasteiger partial charge in [0.05, 0.1) is 23.5 Å². The van der Waals surface area contributed by atoms with Gasteiger partial charge in [0.15, 0.2) is 0 Å². The molecule has 0 aliphatic rings. The van der Waals surface area contributed by atoms with Gasteiger partial charge in [0.2, 0.25) is 5.91 Å². The maximum atomic E-state index is 13.2. The van der Waals surface area contributed by atoms with Crippen molar-refractivity contribution >= 4 is 22.9 Å². The van der Waals surface area contributed by atoms with E-state index in [0.29, 0.717) is 11.4 Å². The Morgan fingerprint density at radius 2 is 1.74 bits per heavy atom. The van der Waals surface area contributed by atoms with E-state index in [0.717, 1.165) is 29.0 Å². The van der Waals surface area contributed by atoms with Crippen LogP contribution in [0.4, 0.5) is 5.69 Å². The van der Waals surface area contributed by atoms with Gasteiger partial charge in [-0.1, -0.05) is 61.9 Å². The number of hydrogen-bond acceptors (Lipinski definition) is 4. The number of amides is 1. The minimum Gasteiger partial charge on any atom is -0.319 e. The molecule has 7 heteroatoms. The van der Waals surface area contributed by atoms with Crippen LogP contribution in [0.5, 0.6) is 0 Å². The average Bonchev–Trinajstić information content (AvgIpc) is 3.47. The molecule has 35 heavy (non-hydrogen) atoms. The quantitative estimate of drug-likeness (QED) is 0.340. The van der Waals surface area contributed by atoms with Crippen molar-refractivity contribution in [2.75, 3.05) is 5.32 Å². The molecule has 0 bridgehead atoms. The molecule has 0 spiro atoms. The van der Waals surface area contributed by atoms with Crippen LogP contribution in [-0.2, 0) is 18.3 Å². The highest BCUT2D eigenvalue weighted by Gasteiger charge is 2.24. The Morgan fingerprint density at radius 3 is 2.37 bits per heavy atom. The van der Waals surface area contributed by atoms with Crippen molar-refractivity contribution in [3.8, 4) is 5.69 Å². The second-order valence-corrected chi connectivity index (χ2v) is 9.73. The lowest BCUT2D eigenvalue weighted by Gasteiger charge is -2.23. The number of carbonyl (C=O) groups excluding carboxylic acids is 1. The lowest BCUT2D eigenvalue weighted by atomic mass is 10.0. The van der Waals surface area contributed by atoms with Crippen molar-refractivity contribution in [2.45, 2.75) is 45.7 Å². The van der Waals surface area contributed by atoms with Crippen LogP contribution in [0.1, 0.15) is 48.0 Å². The van der Waals surface area contributed by atoms with Gasteiger partial charge in [-0.25, -0.2) is 4.68 Å². The van der Waals surface area contributed by atoms with Crippen LogP contribution >= 0.6 is 11.3 Å². The van der Waals surface area contributed by atoms with Crippen molar-refractivity contribution in [3.05, 3.63) is 104 Å². The van der Waals surface area contributed by atoms with E-state index in [9.17, 15) is 9.59 Å². The molecule has 2 aromatic carbocycles. The summed E-state index contributed by atoms with van der Waals surface area (Å²) >= 11 is 1.65. The predicted octanol–water partition coefficient (Wildman–Crippen LogP) is 5.20. The van der Waals surface area contributed by atoms with Gasteiger partial charge in [-0.2, -0.15) is 0 Å². The predicted molar refractivity (Wildman–Crippen MR) is 144 cm³/mol. The van der Waals surface area contributed by atoms with Crippen molar-refractivity contribution in [1.82, 2.24) is 14.7 Å². The first-order valence-electron chi connectivity index (χ1n) is 11.9. The molecule has 182 valence electrons. The zero-order chi connectivity index (χ0) is 24.9. The first kappa shape index (κ1) is 24.7. The summed E-state index contributed by atoms with van der Waals surface area (Å²) in [4.78, 5) is 27.5. The molecule has 0 unspecified atom stereocenters. The summed E-state index contributed by atoms with van der Waals surface area (Å²) in [5.41, 5.74) is 3.90. The van der Waals surface area contributed by atoms with Crippen LogP contribution in [0, 0.1) is 6.92 Å². The Kier molecular flexibility index (Phi) is 7.68. The second kappa shape index (κ2) is 10.9. The molecule has 0 saturated carbocycles. The zero-order valence-corrected chi connectivity index (χ0v) is 21.4. The third-order valence-electron chi connectivity index (χ3n) is 6.29. The van der Waals surface area contributed by atoms with Gasteiger partial charge in [0.1, 0.15) is 5.69 Å². The highest BCUT2D eigenvalue weighted by atomic mass is 32.1. The highest BCUT2D eigenvalue weighted by molar-refractivity contribution is 7.10. The molecule has 2 aromatic heterocycles. The van der Waals surface area contributed by atoms with E-state index in [1.165, 1.54) is 5.56 Å². The Bertz CT molecular complexity index is 1320. The maximum absolute atomic E-state index is 13.2. The third-order valence-corrected chi connectivity index (χ3v) is 7.23. The Balaban J connectivity index is 1.56. The summed E-state index contributed by atoms with van der Waals surface area (Å²) in [5, 5.41) is 8.41. The first-order chi connectivity index (χ1) is 16.9. The fourth-order valence-electron chi connectivity index (χ4n) is 4.23. The van der Waals surface area contributed by atoms with Crippen LogP contribution in [-0.4, -0.2) is 21.3 Å². The lowest BCUT2D eigenvalue weighted by molar-refractivity contribution is -0.117. The van der Waals surface area contributed by atoms with Crippen LogP contribution in [0.25, 0.3) is 5.69 Å². The first-order valence-corrected chi connectivity index (χ1v) is 12.8. The molecule has 4 rings (SSSR count). The Morgan fingerprint density at radius 1 is 1.03 bits per heavy atom. The number of aryl methyl sites for hydroxylation is 1. The molecule has 2 atom stereocenters. The van der Waals surface area contributed by atoms with E-state index in [2.05, 4.69) is 47.9 Å². The van der Waals surface area contributed by atoms with Gasteiger partial charge >= 0.3 is 0 Å². The topological polar surface area (TPSA) is 68.1 Å². The molecule has 4 aromatic rings. The Hall–Kier alpha value is -3.42. The molecular weight excluding hydrogens is 456 g/mol. The number of anilines is 1. The third kappa shape index (κ3) is 5.31. The standard InChI is InChI=1S/C28H32N4O2S/c1-5-10-21-14-16-22(17-15-21)26(24-13-9-18-35-24)29-19(2)27(33)30-25-20(3)31(4)32(28(25)34)23-11-7-6-8-12-23/h6-9,11-19,26,29H,5,10H2,1-4H3,(H,30,33)/t19-,26-/m1/s1. The summed E-state index contributed by atoms with van der Waals surface area (Å²) in [6.45, 7) is 5.84. The molecule has 0 aliphatic heterocycles. The monoisotopic (exact) mass is 488 g/mol. The molecule has 0 aliphatic carbocycles. The molecule has 6 nitrogen and oxygen atoms in total. The minimum absolute atomic E-state index is 0.121. The molecule has 0 fully saturated rings. The normalized spacial score (nSPS) is 12.9. The largest absolute Gasteiger partial charge is 0.319 e. The van der Waals surface area contributed by atoms with E-state index in [4.69, 9.17) is 0 Å². The smallest absolute Gasteiger partial charge is 0.295 e. The van der Waals surface area contributed by atoms with Gasteiger partial charge in [-0.15, -0.1) is 11.3 Å². The van der Waals surface area contributed by atoms with Crippen LogP contribution < -0.4 is 16.2 Å². The molecule has 2 heterocycles. The summed E-state index contributed by atoms with van der Waals surface area (Å²) in [6.07, 6.45) is 2.15. The highest BCUT2D eigenvalue weighted by Crippen LogP contribution is 2.27. The van der Waals surface area contributed by atoms with Crippen molar-refractivity contribution < 1.29 is 4.79 Å². The zero-order valence-electron chi connectivity index (χ0n) is 20.6. The van der Waals surface area contributed by atoms with Crippen molar-refractivity contribution in [3.63, 3.8) is 0 Å². The van der Waals surface area contributed by atoms with Gasteiger partial charge in [-0.3, -0.25) is 19.6 Å². The number of rotatable bonds is 9. The van der Waals surface area contributed by atoms with E-state index >= 15 is 0 Å². The number of carbonyl (C=O) groups is 1. The molecular formula is C28H32N4O2S. The SMILES string of the molecule is CCCc1ccc([C@@H](N[C@H](C)C(=O)Nc2c(C)n(C)n(-c3ccccc3)c2=O)c2cccs2)cc1. The molecule has 1 amide bonds. The van der Waals surface area contributed by atoms with Crippen molar-refractivity contribution in [1.29, 1.82) is 0 Å². The van der Waals surface area contributed by atoms with Gasteiger partial charge in [-0.05, 0) is 55.0 Å². The van der Waals surface area contributed by atoms with Crippen LogP contribution in [0.15, 0.2) is 76.9 Å². The molecule has 0 saturated heterocycles. The van der Waals surface area contributed by atoms with Crippen molar-refractivity contribution in [2.24, 2.45) is 7.05 Å². The van der Waals surface area contributed by atoms with Crippen LogP contribution in [0.2, 0.25) is 0 Å². The van der Waals surface area contributed by atoms with E-state index in [1.807, 2.05) is 62.7 Å². The Labute approximate surface area is 210 Å². The number of thiophene rings is 1. The maximum Gasteiger partial charge on any atom is 0.295 e. The van der Waals surface area contributed by atoms with E-state index < -0.39 is 6.04 Å². The van der Waals surface area contributed by atoms with Crippen LogP contribution in [0.3, 0.4) is 0 Å².